The highest BCUT2D eigenvalue weighted by atomic mass is 16.2. The average Bonchev–Trinajstić information content (AvgIpc) is 2.64. The summed E-state index contributed by atoms with van der Waals surface area (Å²) in [5, 5.41) is 2.72. The summed E-state index contributed by atoms with van der Waals surface area (Å²) >= 11 is 0. The van der Waals surface area contributed by atoms with Crippen molar-refractivity contribution < 1.29 is 4.79 Å². The predicted octanol–water partition coefficient (Wildman–Crippen LogP) is 3.27. The van der Waals surface area contributed by atoms with Gasteiger partial charge in [-0.05, 0) is 62.2 Å². The lowest BCUT2D eigenvalue weighted by Gasteiger charge is -2.31. The number of likely N-dealkylation sites (tertiary alicyclic amines) is 2. The van der Waals surface area contributed by atoms with Crippen molar-refractivity contribution in [2.45, 2.75) is 45.1 Å². The van der Waals surface area contributed by atoms with Gasteiger partial charge >= 0.3 is 6.03 Å². The van der Waals surface area contributed by atoms with E-state index in [0.29, 0.717) is 5.92 Å². The molecule has 0 unspecified atom stereocenters. The summed E-state index contributed by atoms with van der Waals surface area (Å²) in [6.07, 6.45) is 7.48. The van der Waals surface area contributed by atoms with E-state index in [9.17, 15) is 4.79 Å². The number of rotatable bonds is 4. The quantitative estimate of drug-likeness (QED) is 0.920. The maximum absolute atomic E-state index is 11.6. The van der Waals surface area contributed by atoms with Gasteiger partial charge in [-0.25, -0.2) is 4.79 Å². The molecule has 0 bridgehead atoms. The Bertz CT molecular complexity index is 514. The number of carbonyl (C=O) groups excluding carboxylic acids is 1. The minimum Gasteiger partial charge on any atom is -0.341 e. The molecule has 24 heavy (non-hydrogen) atoms. The van der Waals surface area contributed by atoms with E-state index in [2.05, 4.69) is 34.5 Å². The van der Waals surface area contributed by atoms with Crippen LogP contribution in [-0.4, -0.2) is 49.1 Å². The molecule has 4 heteroatoms. The average molecular weight is 329 g/mol. The van der Waals surface area contributed by atoms with E-state index >= 15 is 0 Å². The fourth-order valence-electron chi connectivity index (χ4n) is 3.99. The van der Waals surface area contributed by atoms with Gasteiger partial charge in [0.2, 0.25) is 0 Å². The van der Waals surface area contributed by atoms with Crippen LogP contribution in [0.15, 0.2) is 24.3 Å². The lowest BCUT2D eigenvalue weighted by molar-refractivity contribution is 0.172. The summed E-state index contributed by atoms with van der Waals surface area (Å²) < 4.78 is 0. The second-order valence-electron chi connectivity index (χ2n) is 7.34. The van der Waals surface area contributed by atoms with E-state index in [1.807, 2.05) is 4.90 Å². The third kappa shape index (κ3) is 4.73. The lowest BCUT2D eigenvalue weighted by Crippen LogP contribution is -2.43. The number of hydrogen-bond acceptors (Lipinski definition) is 2. The van der Waals surface area contributed by atoms with Crippen molar-refractivity contribution in [2.24, 2.45) is 5.92 Å². The number of hydrogen-bond donors (Lipinski definition) is 1. The molecule has 0 aromatic heterocycles. The van der Waals surface area contributed by atoms with Gasteiger partial charge in [0.05, 0.1) is 0 Å². The number of urea groups is 1. The van der Waals surface area contributed by atoms with Crippen LogP contribution < -0.4 is 5.32 Å². The molecule has 0 radical (unpaired) electrons. The zero-order chi connectivity index (χ0) is 16.8. The van der Waals surface area contributed by atoms with Crippen molar-refractivity contribution in [2.75, 3.05) is 33.2 Å². The highest BCUT2D eigenvalue weighted by molar-refractivity contribution is 5.73. The van der Waals surface area contributed by atoms with Crippen LogP contribution in [0.1, 0.15) is 43.2 Å². The molecule has 0 atom stereocenters. The molecule has 1 N–H and O–H groups in total. The van der Waals surface area contributed by atoms with Gasteiger partial charge in [0.25, 0.3) is 0 Å². The Balaban J connectivity index is 1.45. The maximum Gasteiger partial charge on any atom is 0.317 e. The van der Waals surface area contributed by atoms with Crippen molar-refractivity contribution in [1.29, 1.82) is 0 Å². The molecule has 2 fully saturated rings. The monoisotopic (exact) mass is 329 g/mol. The largest absolute Gasteiger partial charge is 0.341 e. The van der Waals surface area contributed by atoms with E-state index in [1.165, 1.54) is 43.5 Å². The summed E-state index contributed by atoms with van der Waals surface area (Å²) in [5.74, 6) is 0.707. The molecule has 132 valence electrons. The van der Waals surface area contributed by atoms with E-state index in [0.717, 1.165) is 38.9 Å². The van der Waals surface area contributed by atoms with Gasteiger partial charge in [-0.3, -0.25) is 4.90 Å². The Labute approximate surface area is 146 Å². The topological polar surface area (TPSA) is 35.6 Å². The number of carbonyl (C=O) groups is 1. The molecule has 1 aromatic rings. The minimum absolute atomic E-state index is 0.0653. The molecule has 0 spiro atoms. The van der Waals surface area contributed by atoms with E-state index < -0.39 is 0 Å². The first kappa shape index (κ1) is 17.3. The summed E-state index contributed by atoms with van der Waals surface area (Å²) in [6.45, 7) is 5.39. The highest BCUT2D eigenvalue weighted by Gasteiger charge is 2.22. The van der Waals surface area contributed by atoms with Crippen LogP contribution in [0, 0.1) is 5.92 Å². The van der Waals surface area contributed by atoms with Crippen LogP contribution >= 0.6 is 0 Å². The van der Waals surface area contributed by atoms with Crippen molar-refractivity contribution in [3.8, 4) is 0 Å². The molecule has 2 heterocycles. The molecule has 0 saturated carbocycles. The highest BCUT2D eigenvalue weighted by Crippen LogP contribution is 2.22. The van der Waals surface area contributed by atoms with Gasteiger partial charge in [-0.2, -0.15) is 0 Å². The van der Waals surface area contributed by atoms with Crippen LogP contribution in [0.4, 0.5) is 4.79 Å². The number of nitrogens with zero attached hydrogens (tertiary/aromatic N) is 2. The Kier molecular flexibility index (Phi) is 6.13. The van der Waals surface area contributed by atoms with Crippen molar-refractivity contribution in [1.82, 2.24) is 15.1 Å². The van der Waals surface area contributed by atoms with E-state index in [4.69, 9.17) is 0 Å². The Morgan fingerprint density at radius 2 is 1.62 bits per heavy atom. The normalized spacial score (nSPS) is 20.1. The van der Waals surface area contributed by atoms with Gasteiger partial charge < -0.3 is 10.2 Å². The molecule has 2 saturated heterocycles. The molecule has 2 amide bonds. The number of amides is 2. The van der Waals surface area contributed by atoms with Gasteiger partial charge in [0.15, 0.2) is 0 Å². The first-order valence-electron chi connectivity index (χ1n) is 9.51. The molecular weight excluding hydrogens is 298 g/mol. The number of piperidine rings is 2. The SMILES string of the molecule is CNC(=O)N1CCC(Cc2ccc(CN3CCCCC3)cc2)CC1. The van der Waals surface area contributed by atoms with Crippen LogP contribution in [0.25, 0.3) is 0 Å². The summed E-state index contributed by atoms with van der Waals surface area (Å²) in [4.78, 5) is 16.1. The first-order valence-corrected chi connectivity index (χ1v) is 9.51. The zero-order valence-corrected chi connectivity index (χ0v) is 15.0. The Morgan fingerprint density at radius 3 is 2.25 bits per heavy atom. The fourth-order valence-corrected chi connectivity index (χ4v) is 3.99. The smallest absolute Gasteiger partial charge is 0.317 e. The fraction of sp³-hybridized carbons (Fsp3) is 0.650. The van der Waals surface area contributed by atoms with Gasteiger partial charge in [-0.1, -0.05) is 30.7 Å². The minimum atomic E-state index is 0.0653. The molecule has 2 aliphatic heterocycles. The standard InChI is InChI=1S/C20H31N3O/c1-21-20(24)23-13-9-18(10-14-23)15-17-5-7-19(8-6-17)16-22-11-3-2-4-12-22/h5-8,18H,2-4,9-16H2,1H3,(H,21,24). The van der Waals surface area contributed by atoms with Gasteiger partial charge in [-0.15, -0.1) is 0 Å². The number of nitrogens with one attached hydrogen (secondary N) is 1. The zero-order valence-electron chi connectivity index (χ0n) is 15.0. The summed E-state index contributed by atoms with van der Waals surface area (Å²) in [7, 11) is 1.71. The van der Waals surface area contributed by atoms with Crippen LogP contribution in [0.5, 0.6) is 0 Å². The second-order valence-corrected chi connectivity index (χ2v) is 7.34. The Hall–Kier alpha value is -1.55. The summed E-state index contributed by atoms with van der Waals surface area (Å²) in [6, 6.07) is 9.30. The third-order valence-electron chi connectivity index (χ3n) is 5.52. The first-order chi connectivity index (χ1) is 11.7. The van der Waals surface area contributed by atoms with E-state index in [1.54, 1.807) is 7.05 Å². The van der Waals surface area contributed by atoms with Crippen LogP contribution in [0.2, 0.25) is 0 Å². The van der Waals surface area contributed by atoms with Crippen molar-refractivity contribution in [3.05, 3.63) is 35.4 Å². The lowest BCUT2D eigenvalue weighted by atomic mass is 9.90. The molecule has 2 aliphatic rings. The van der Waals surface area contributed by atoms with Crippen molar-refractivity contribution >= 4 is 6.03 Å². The van der Waals surface area contributed by atoms with Crippen molar-refractivity contribution in [3.63, 3.8) is 0 Å². The third-order valence-corrected chi connectivity index (χ3v) is 5.52. The molecule has 0 aliphatic carbocycles. The van der Waals surface area contributed by atoms with E-state index in [-0.39, 0.29) is 6.03 Å². The van der Waals surface area contributed by atoms with Gasteiger partial charge in [0.1, 0.15) is 0 Å². The van der Waals surface area contributed by atoms with Gasteiger partial charge in [0, 0.05) is 26.7 Å². The molecular formula is C20H31N3O. The maximum atomic E-state index is 11.6. The number of benzene rings is 1. The molecule has 1 aromatic carbocycles. The second kappa shape index (κ2) is 8.52. The summed E-state index contributed by atoms with van der Waals surface area (Å²) in [5.41, 5.74) is 2.88. The predicted molar refractivity (Wildman–Crippen MR) is 98.0 cm³/mol. The van der Waals surface area contributed by atoms with Crippen LogP contribution in [0.3, 0.4) is 0 Å². The van der Waals surface area contributed by atoms with Crippen LogP contribution in [-0.2, 0) is 13.0 Å². The molecule has 4 nitrogen and oxygen atoms in total. The molecule has 3 rings (SSSR count). The Morgan fingerprint density at radius 1 is 1.00 bits per heavy atom.